The van der Waals surface area contributed by atoms with Gasteiger partial charge in [0.2, 0.25) is 0 Å². The highest BCUT2D eigenvalue weighted by Crippen LogP contribution is 2.46. The highest BCUT2D eigenvalue weighted by atomic mass is 15.1. The lowest BCUT2D eigenvalue weighted by Crippen LogP contribution is -2.59. The lowest BCUT2D eigenvalue weighted by molar-refractivity contribution is 1.35. The van der Waals surface area contributed by atoms with Crippen molar-refractivity contribution in [3.05, 3.63) is 146 Å². The van der Waals surface area contributed by atoms with Crippen LogP contribution < -0.4 is 15.7 Å². The first-order valence-electron chi connectivity index (χ1n) is 13.2. The van der Waals surface area contributed by atoms with E-state index in [0.29, 0.717) is 0 Å². The summed E-state index contributed by atoms with van der Waals surface area (Å²) in [5.74, 6) is 0. The molecule has 38 heavy (non-hydrogen) atoms. The Balaban J connectivity index is 1.34. The summed E-state index contributed by atoms with van der Waals surface area (Å²) in [6.07, 6.45) is 0. The van der Waals surface area contributed by atoms with Crippen LogP contribution in [0.1, 0.15) is 0 Å². The normalized spacial score (nSPS) is 12.6. The van der Waals surface area contributed by atoms with Gasteiger partial charge >= 0.3 is 6.85 Å². The van der Waals surface area contributed by atoms with Gasteiger partial charge in [-0.3, -0.25) is 0 Å². The van der Waals surface area contributed by atoms with Gasteiger partial charge in [-0.1, -0.05) is 121 Å². The Morgan fingerprint density at radius 2 is 0.868 bits per heavy atom. The molecule has 6 aromatic carbocycles. The van der Waals surface area contributed by atoms with Crippen LogP contribution in [0.2, 0.25) is 0 Å². The van der Waals surface area contributed by atoms with Crippen LogP contribution in [0.25, 0.3) is 44.5 Å². The van der Waals surface area contributed by atoms with E-state index in [1.807, 2.05) is 0 Å². The molecule has 6 aromatic rings. The highest BCUT2D eigenvalue weighted by molar-refractivity contribution is 6.92. The first-order valence-corrected chi connectivity index (χ1v) is 13.2. The van der Waals surface area contributed by atoms with E-state index in [2.05, 4.69) is 150 Å². The molecule has 2 aliphatic rings. The molecule has 2 heterocycles. The van der Waals surface area contributed by atoms with Gasteiger partial charge < -0.3 is 4.81 Å². The van der Waals surface area contributed by atoms with Crippen LogP contribution in [0.4, 0.5) is 11.4 Å². The number of para-hydroxylation sites is 1. The number of benzene rings is 6. The first kappa shape index (κ1) is 21.3. The third-order valence-corrected chi connectivity index (χ3v) is 8.07. The molecule has 0 saturated carbocycles. The second kappa shape index (κ2) is 8.36. The van der Waals surface area contributed by atoms with Crippen LogP contribution in [0.3, 0.4) is 0 Å². The molecule has 0 saturated heterocycles. The molecule has 0 radical (unpaired) electrons. The third-order valence-electron chi connectivity index (χ3n) is 8.07. The maximum atomic E-state index is 2.56. The van der Waals surface area contributed by atoms with Gasteiger partial charge in [0, 0.05) is 22.5 Å². The molecule has 0 aromatic heterocycles. The Labute approximate surface area is 223 Å². The van der Waals surface area contributed by atoms with E-state index in [-0.39, 0.29) is 6.85 Å². The van der Waals surface area contributed by atoms with Crippen LogP contribution >= 0.6 is 0 Å². The van der Waals surface area contributed by atoms with Crippen LogP contribution in [0.5, 0.6) is 0 Å². The maximum absolute atomic E-state index is 2.56. The SMILES string of the molecule is c1ccc(-c2cccc(-c3ccc4c(c3)-c3ccccc3B3c5ccccc5-c5ccccc5N34)c2)cc1. The van der Waals surface area contributed by atoms with E-state index >= 15 is 0 Å². The van der Waals surface area contributed by atoms with E-state index in [1.165, 1.54) is 66.8 Å². The fourth-order valence-corrected chi connectivity index (χ4v) is 6.38. The summed E-state index contributed by atoms with van der Waals surface area (Å²) in [6, 6.07) is 53.2. The van der Waals surface area contributed by atoms with Crippen molar-refractivity contribution in [1.29, 1.82) is 0 Å². The zero-order chi connectivity index (χ0) is 25.1. The predicted molar refractivity (Wildman–Crippen MR) is 162 cm³/mol. The van der Waals surface area contributed by atoms with Crippen molar-refractivity contribution >= 4 is 29.1 Å². The Morgan fingerprint density at radius 1 is 0.342 bits per heavy atom. The molecule has 176 valence electrons. The third kappa shape index (κ3) is 3.14. The molecule has 0 unspecified atom stereocenters. The lowest BCUT2D eigenvalue weighted by Gasteiger charge is -2.43. The van der Waals surface area contributed by atoms with Gasteiger partial charge in [-0.2, -0.15) is 0 Å². The number of nitrogens with zero attached hydrogens (tertiary/aromatic N) is 1. The molecule has 1 nitrogen and oxygen atoms in total. The second-order valence-electron chi connectivity index (χ2n) is 10.1. The van der Waals surface area contributed by atoms with E-state index < -0.39 is 0 Å². The summed E-state index contributed by atoms with van der Waals surface area (Å²) >= 11 is 0. The molecule has 8 rings (SSSR count). The van der Waals surface area contributed by atoms with E-state index in [9.17, 15) is 0 Å². The van der Waals surface area contributed by atoms with Crippen molar-refractivity contribution in [2.24, 2.45) is 0 Å². The standard InChI is InChI=1S/C36H24BN/c1-2-11-25(12-3-1)26-13-10-14-27(23-26)28-21-22-36-32(24-28)30-16-5-8-19-34(30)37-33-18-7-4-15-29(33)31-17-6-9-20-35(31)38(36)37/h1-24H. The summed E-state index contributed by atoms with van der Waals surface area (Å²) in [6.45, 7) is 0.150. The monoisotopic (exact) mass is 481 g/mol. The molecular weight excluding hydrogens is 457 g/mol. The van der Waals surface area contributed by atoms with Gasteiger partial charge in [-0.25, -0.2) is 0 Å². The first-order chi connectivity index (χ1) is 18.9. The minimum atomic E-state index is 0.150. The zero-order valence-corrected chi connectivity index (χ0v) is 20.9. The van der Waals surface area contributed by atoms with Gasteiger partial charge in [0.05, 0.1) is 0 Å². The molecule has 0 fully saturated rings. The van der Waals surface area contributed by atoms with Crippen LogP contribution in [0, 0.1) is 0 Å². The number of hydrogen-bond acceptors (Lipinski definition) is 1. The fraction of sp³-hybridized carbons (Fsp3) is 0. The average Bonchev–Trinajstić information content (AvgIpc) is 3.01. The van der Waals surface area contributed by atoms with Crippen molar-refractivity contribution in [3.8, 4) is 44.5 Å². The number of anilines is 2. The molecule has 0 atom stereocenters. The van der Waals surface area contributed by atoms with E-state index in [4.69, 9.17) is 0 Å². The molecule has 2 heteroatoms. The fourth-order valence-electron chi connectivity index (χ4n) is 6.38. The molecular formula is C36H24BN. The topological polar surface area (TPSA) is 3.24 Å². The quantitative estimate of drug-likeness (QED) is 0.227. The maximum Gasteiger partial charge on any atom is 0.329 e. The molecule has 0 aliphatic carbocycles. The van der Waals surface area contributed by atoms with Crippen LogP contribution in [-0.2, 0) is 0 Å². The lowest BCUT2D eigenvalue weighted by atomic mass is 9.43. The summed E-state index contributed by atoms with van der Waals surface area (Å²) in [7, 11) is 0. The molecule has 0 N–H and O–H groups in total. The Bertz CT molecular complexity index is 1840. The summed E-state index contributed by atoms with van der Waals surface area (Å²) in [5.41, 5.74) is 15.4. The van der Waals surface area contributed by atoms with Gasteiger partial charge in [-0.15, -0.1) is 0 Å². The number of fused-ring (bicyclic) bond motifs is 11. The molecule has 0 spiro atoms. The smallest absolute Gasteiger partial charge is 0.329 e. The Hall–Kier alpha value is -4.82. The van der Waals surface area contributed by atoms with Crippen LogP contribution in [-0.4, -0.2) is 6.85 Å². The highest BCUT2D eigenvalue weighted by Gasteiger charge is 2.41. The minimum Gasteiger partial charge on any atom is -0.376 e. The summed E-state index contributed by atoms with van der Waals surface area (Å²) in [5, 5.41) is 0. The van der Waals surface area contributed by atoms with Crippen molar-refractivity contribution < 1.29 is 0 Å². The van der Waals surface area contributed by atoms with E-state index in [0.717, 1.165) is 0 Å². The van der Waals surface area contributed by atoms with Gasteiger partial charge in [0.1, 0.15) is 0 Å². The van der Waals surface area contributed by atoms with E-state index in [1.54, 1.807) is 0 Å². The molecule has 2 aliphatic heterocycles. The van der Waals surface area contributed by atoms with Gasteiger partial charge in [0.25, 0.3) is 0 Å². The largest absolute Gasteiger partial charge is 0.376 e. The van der Waals surface area contributed by atoms with Gasteiger partial charge in [0.15, 0.2) is 0 Å². The second-order valence-corrected chi connectivity index (χ2v) is 10.1. The Morgan fingerprint density at radius 3 is 1.63 bits per heavy atom. The molecule has 0 bridgehead atoms. The van der Waals surface area contributed by atoms with Crippen molar-refractivity contribution in [2.45, 2.75) is 0 Å². The average molecular weight is 481 g/mol. The van der Waals surface area contributed by atoms with Crippen molar-refractivity contribution in [3.63, 3.8) is 0 Å². The molecule has 0 amide bonds. The minimum absolute atomic E-state index is 0.150. The summed E-state index contributed by atoms with van der Waals surface area (Å²) in [4.78, 5) is 2.56. The van der Waals surface area contributed by atoms with Gasteiger partial charge in [-0.05, 0) is 68.6 Å². The van der Waals surface area contributed by atoms with Crippen molar-refractivity contribution in [2.75, 3.05) is 4.81 Å². The van der Waals surface area contributed by atoms with Crippen LogP contribution in [0.15, 0.2) is 146 Å². The van der Waals surface area contributed by atoms with Crippen molar-refractivity contribution in [1.82, 2.24) is 0 Å². The number of hydrogen-bond donors (Lipinski definition) is 0. The predicted octanol–water partition coefficient (Wildman–Crippen LogP) is 7.93. The number of rotatable bonds is 2. The zero-order valence-electron chi connectivity index (χ0n) is 20.9. The summed E-state index contributed by atoms with van der Waals surface area (Å²) < 4.78 is 0. The Kier molecular flexibility index (Phi) is 4.68.